The van der Waals surface area contributed by atoms with Crippen molar-refractivity contribution in [2.75, 3.05) is 16.8 Å². The first kappa shape index (κ1) is 22.9. The van der Waals surface area contributed by atoms with E-state index in [4.69, 9.17) is 5.73 Å². The van der Waals surface area contributed by atoms with Crippen molar-refractivity contribution < 1.29 is 14.4 Å². The molecule has 0 spiro atoms. The summed E-state index contributed by atoms with van der Waals surface area (Å²) in [5.41, 5.74) is 6.63. The molecule has 8 heteroatoms. The van der Waals surface area contributed by atoms with Gasteiger partial charge in [0.05, 0.1) is 11.9 Å². The number of carbonyl (C=O) groups is 3. The average Bonchev–Trinajstić information content (AvgIpc) is 3.50. The van der Waals surface area contributed by atoms with Crippen molar-refractivity contribution in [3.8, 4) is 0 Å². The summed E-state index contributed by atoms with van der Waals surface area (Å²) in [6.45, 7) is 2.37. The van der Waals surface area contributed by atoms with Gasteiger partial charge in [0, 0.05) is 36.3 Å². The molecule has 4 atom stereocenters. The molecule has 174 valence electrons. The van der Waals surface area contributed by atoms with Gasteiger partial charge in [0.2, 0.25) is 11.8 Å². The predicted molar refractivity (Wildman–Crippen MR) is 126 cm³/mol. The Morgan fingerprint density at radius 3 is 2.64 bits per heavy atom. The molecular weight excluding hydrogens is 418 g/mol. The van der Waals surface area contributed by atoms with E-state index in [9.17, 15) is 14.4 Å². The third-order valence-corrected chi connectivity index (χ3v) is 6.75. The highest BCUT2D eigenvalue weighted by Crippen LogP contribution is 2.53. The van der Waals surface area contributed by atoms with E-state index in [2.05, 4.69) is 15.6 Å². The van der Waals surface area contributed by atoms with Crippen LogP contribution in [0.2, 0.25) is 0 Å². The molecule has 0 bridgehead atoms. The van der Waals surface area contributed by atoms with Crippen LogP contribution in [0, 0.1) is 17.3 Å². The minimum absolute atomic E-state index is 0.00964. The number of para-hydroxylation sites is 1. The Kier molecular flexibility index (Phi) is 6.74. The highest BCUT2D eigenvalue weighted by Gasteiger charge is 2.56. The summed E-state index contributed by atoms with van der Waals surface area (Å²) in [5.74, 6) is -0.717. The van der Waals surface area contributed by atoms with E-state index in [1.54, 1.807) is 30.5 Å². The topological polar surface area (TPSA) is 117 Å². The molecule has 2 aliphatic rings. The van der Waals surface area contributed by atoms with Gasteiger partial charge in [-0.2, -0.15) is 0 Å². The molecular formula is C25H31N5O3. The van der Waals surface area contributed by atoms with E-state index in [-0.39, 0.29) is 29.7 Å². The van der Waals surface area contributed by atoms with Crippen molar-refractivity contribution in [2.45, 2.75) is 45.1 Å². The SMILES string of the molecule is C[C@]1(CNC(=O)[C@H]2CCC[C@@H](N)C2)C[C@H]1C(=O)N(C(=O)Nc1ccccc1)c1cccnc1. The van der Waals surface area contributed by atoms with Crippen LogP contribution in [0.4, 0.5) is 16.2 Å². The van der Waals surface area contributed by atoms with Crippen LogP contribution in [0.25, 0.3) is 0 Å². The molecule has 1 aromatic carbocycles. The second-order valence-electron chi connectivity index (χ2n) is 9.43. The smallest absolute Gasteiger partial charge is 0.333 e. The van der Waals surface area contributed by atoms with E-state index >= 15 is 0 Å². The minimum Gasteiger partial charge on any atom is -0.355 e. The van der Waals surface area contributed by atoms with Gasteiger partial charge >= 0.3 is 6.03 Å². The highest BCUT2D eigenvalue weighted by atomic mass is 16.2. The molecule has 2 saturated carbocycles. The zero-order chi connectivity index (χ0) is 23.4. The molecule has 4 amide bonds. The number of nitrogens with two attached hydrogens (primary N) is 1. The Labute approximate surface area is 193 Å². The lowest BCUT2D eigenvalue weighted by atomic mass is 9.85. The first-order valence-corrected chi connectivity index (χ1v) is 11.5. The van der Waals surface area contributed by atoms with E-state index in [0.29, 0.717) is 30.8 Å². The maximum absolute atomic E-state index is 13.5. The Hall–Kier alpha value is -3.26. The standard InChI is InChI=1S/C25H31N5O3/c1-25(16-28-22(31)17-7-5-8-18(26)13-17)14-21(25)23(32)30(20-11-6-12-27-15-20)24(33)29-19-9-3-2-4-10-19/h2-4,6,9-12,15,17-18,21H,5,7-8,13-14,16,26H2,1H3,(H,28,31)(H,29,33)/t17-,18+,21-,25+/m0/s1. The zero-order valence-electron chi connectivity index (χ0n) is 18.9. The molecule has 4 rings (SSSR count). The largest absolute Gasteiger partial charge is 0.355 e. The number of amides is 4. The number of hydrogen-bond donors (Lipinski definition) is 3. The normalized spacial score (nSPS) is 26.2. The van der Waals surface area contributed by atoms with E-state index in [1.807, 2.05) is 25.1 Å². The van der Waals surface area contributed by atoms with Gasteiger partial charge in [0.1, 0.15) is 0 Å². The number of carbonyl (C=O) groups excluding carboxylic acids is 3. The molecule has 0 saturated heterocycles. The van der Waals surface area contributed by atoms with Gasteiger partial charge in [-0.15, -0.1) is 0 Å². The van der Waals surface area contributed by atoms with Gasteiger partial charge in [0.15, 0.2) is 0 Å². The van der Waals surface area contributed by atoms with Crippen molar-refractivity contribution >= 4 is 29.2 Å². The fraction of sp³-hybridized carbons (Fsp3) is 0.440. The van der Waals surface area contributed by atoms with Gasteiger partial charge in [-0.25, -0.2) is 9.69 Å². The summed E-state index contributed by atoms with van der Waals surface area (Å²) in [4.78, 5) is 44.4. The number of anilines is 2. The maximum atomic E-state index is 13.5. The first-order chi connectivity index (χ1) is 15.9. The third-order valence-electron chi connectivity index (χ3n) is 6.75. The number of pyridine rings is 1. The number of imide groups is 1. The Bertz CT molecular complexity index is 1000. The number of benzene rings is 1. The van der Waals surface area contributed by atoms with Crippen molar-refractivity contribution in [1.29, 1.82) is 0 Å². The van der Waals surface area contributed by atoms with Crippen LogP contribution in [0.1, 0.15) is 39.0 Å². The molecule has 1 aromatic heterocycles. The summed E-state index contributed by atoms with van der Waals surface area (Å²) in [6.07, 6.45) is 7.19. The van der Waals surface area contributed by atoms with Crippen molar-refractivity contribution in [3.05, 3.63) is 54.9 Å². The third kappa shape index (κ3) is 5.39. The highest BCUT2D eigenvalue weighted by molar-refractivity contribution is 6.19. The number of nitrogens with zero attached hydrogens (tertiary/aromatic N) is 2. The average molecular weight is 450 g/mol. The molecule has 2 aliphatic carbocycles. The van der Waals surface area contributed by atoms with Gasteiger partial charge in [-0.3, -0.25) is 14.6 Å². The van der Waals surface area contributed by atoms with Crippen LogP contribution in [0.5, 0.6) is 0 Å². The van der Waals surface area contributed by atoms with Crippen molar-refractivity contribution in [2.24, 2.45) is 23.0 Å². The molecule has 0 unspecified atom stereocenters. The van der Waals surface area contributed by atoms with Crippen LogP contribution in [-0.4, -0.2) is 35.4 Å². The summed E-state index contributed by atoms with van der Waals surface area (Å²) < 4.78 is 0. The van der Waals surface area contributed by atoms with Crippen LogP contribution in [-0.2, 0) is 9.59 Å². The number of rotatable bonds is 6. The number of aromatic nitrogens is 1. The zero-order valence-corrected chi connectivity index (χ0v) is 18.9. The van der Waals surface area contributed by atoms with Gasteiger partial charge in [-0.1, -0.05) is 31.5 Å². The van der Waals surface area contributed by atoms with Crippen LogP contribution < -0.4 is 21.3 Å². The molecule has 1 heterocycles. The second kappa shape index (κ2) is 9.70. The van der Waals surface area contributed by atoms with Crippen molar-refractivity contribution in [3.63, 3.8) is 0 Å². The van der Waals surface area contributed by atoms with E-state index in [1.165, 1.54) is 6.20 Å². The lowest BCUT2D eigenvalue weighted by molar-refractivity contribution is -0.126. The monoisotopic (exact) mass is 449 g/mol. The molecule has 2 aromatic rings. The second-order valence-corrected chi connectivity index (χ2v) is 9.43. The predicted octanol–water partition coefficient (Wildman–Crippen LogP) is 3.31. The van der Waals surface area contributed by atoms with Crippen LogP contribution >= 0.6 is 0 Å². The summed E-state index contributed by atoms with van der Waals surface area (Å²) in [5, 5.41) is 5.82. The van der Waals surface area contributed by atoms with Crippen molar-refractivity contribution in [1.82, 2.24) is 10.3 Å². The molecule has 33 heavy (non-hydrogen) atoms. The fourth-order valence-electron chi connectivity index (χ4n) is 4.57. The number of hydrogen-bond acceptors (Lipinski definition) is 5. The quantitative estimate of drug-likeness (QED) is 0.625. The van der Waals surface area contributed by atoms with E-state index in [0.717, 1.165) is 24.2 Å². The summed E-state index contributed by atoms with van der Waals surface area (Å²) in [6, 6.07) is 11.9. The molecule has 0 aliphatic heterocycles. The fourth-order valence-corrected chi connectivity index (χ4v) is 4.57. The van der Waals surface area contributed by atoms with Gasteiger partial charge in [-0.05, 0) is 55.4 Å². The van der Waals surface area contributed by atoms with Crippen LogP contribution in [0.3, 0.4) is 0 Å². The van der Waals surface area contributed by atoms with Gasteiger partial charge < -0.3 is 16.4 Å². The van der Waals surface area contributed by atoms with E-state index < -0.39 is 11.4 Å². The number of nitrogens with one attached hydrogen (secondary N) is 2. The van der Waals surface area contributed by atoms with Gasteiger partial charge in [0.25, 0.3) is 0 Å². The Morgan fingerprint density at radius 2 is 1.94 bits per heavy atom. The minimum atomic E-state index is -0.534. The Balaban J connectivity index is 1.42. The summed E-state index contributed by atoms with van der Waals surface area (Å²) in [7, 11) is 0. The first-order valence-electron chi connectivity index (χ1n) is 11.5. The summed E-state index contributed by atoms with van der Waals surface area (Å²) >= 11 is 0. The lowest BCUT2D eigenvalue weighted by Gasteiger charge is -2.26. The lowest BCUT2D eigenvalue weighted by Crippen LogP contribution is -2.43. The maximum Gasteiger partial charge on any atom is 0.333 e. The molecule has 8 nitrogen and oxygen atoms in total. The molecule has 0 radical (unpaired) electrons. The Morgan fingerprint density at radius 1 is 1.15 bits per heavy atom. The molecule has 2 fully saturated rings. The van der Waals surface area contributed by atoms with Crippen LogP contribution in [0.15, 0.2) is 54.9 Å². The number of urea groups is 1. The molecule has 4 N–H and O–H groups in total.